The Morgan fingerprint density at radius 2 is 1.84 bits per heavy atom. The molecule has 16 nitrogen and oxygen atoms in total. The van der Waals surface area contributed by atoms with Crippen molar-refractivity contribution in [2.24, 2.45) is 5.41 Å². The van der Waals surface area contributed by atoms with E-state index in [4.69, 9.17) is 28.4 Å². The topological polar surface area (TPSA) is 183 Å². The molecule has 2 heterocycles. The van der Waals surface area contributed by atoms with Crippen LogP contribution >= 0.6 is 11.7 Å². The Bertz CT molecular complexity index is 1310. The summed E-state index contributed by atoms with van der Waals surface area (Å²) in [7, 11) is 2.81. The number of ether oxygens (including phenoxy) is 6. The lowest BCUT2D eigenvalue weighted by Crippen LogP contribution is -2.44. The Labute approximate surface area is 265 Å². The second kappa shape index (κ2) is 15.9. The smallest absolute Gasteiger partial charge is 0.342 e. The Hall–Kier alpha value is -3.96. The highest BCUT2D eigenvalue weighted by molar-refractivity contribution is 6.99. The maximum absolute atomic E-state index is 13.8. The van der Waals surface area contributed by atoms with Crippen molar-refractivity contribution in [1.29, 1.82) is 0 Å². The number of aromatic nitrogens is 2. The number of benzene rings is 1. The van der Waals surface area contributed by atoms with E-state index in [1.807, 2.05) is 25.7 Å². The number of methoxy groups -OCH3 is 2. The van der Waals surface area contributed by atoms with Gasteiger partial charge in [-0.25, -0.2) is 4.79 Å². The molecule has 0 bridgehead atoms. The van der Waals surface area contributed by atoms with Gasteiger partial charge in [0.05, 0.1) is 44.6 Å². The first-order chi connectivity index (χ1) is 21.2. The van der Waals surface area contributed by atoms with E-state index < -0.39 is 35.2 Å². The maximum atomic E-state index is 13.8. The van der Waals surface area contributed by atoms with Crippen LogP contribution in [0.2, 0.25) is 0 Å². The summed E-state index contributed by atoms with van der Waals surface area (Å²) in [5.74, 6) is -0.138. The largest absolute Gasteiger partial charge is 0.497 e. The summed E-state index contributed by atoms with van der Waals surface area (Å²) in [6.45, 7) is 10.6. The van der Waals surface area contributed by atoms with Gasteiger partial charge in [-0.15, -0.1) is 14.5 Å². The van der Waals surface area contributed by atoms with E-state index >= 15 is 0 Å². The lowest BCUT2D eigenvalue weighted by molar-refractivity contribution is -0.760. The molecule has 0 spiro atoms. The van der Waals surface area contributed by atoms with Crippen molar-refractivity contribution in [2.75, 3.05) is 65.2 Å². The average Bonchev–Trinajstić information content (AvgIpc) is 3.48. The minimum absolute atomic E-state index is 0.00976. The van der Waals surface area contributed by atoms with Crippen molar-refractivity contribution in [3.8, 4) is 17.4 Å². The zero-order valence-corrected chi connectivity index (χ0v) is 27.4. The Morgan fingerprint density at radius 3 is 2.47 bits per heavy atom. The SMILES string of the molecule is COc1cc(COC(=O)C(C)(C)CO[N+](=O)[O-])c(C(=O)O[C@@H](CNC(C)(C)C)COc2nsnc2N2CCOCC2)c(OC)c1. The third-order valence-electron chi connectivity index (χ3n) is 6.55. The van der Waals surface area contributed by atoms with Crippen LogP contribution in [0, 0.1) is 15.5 Å². The van der Waals surface area contributed by atoms with Crippen molar-refractivity contribution >= 4 is 29.5 Å². The molecule has 1 aromatic heterocycles. The van der Waals surface area contributed by atoms with Gasteiger partial charge >= 0.3 is 11.9 Å². The Balaban J connectivity index is 1.82. The minimum atomic E-state index is -1.34. The number of nitrogens with zero attached hydrogens (tertiary/aromatic N) is 4. The fourth-order valence-electron chi connectivity index (χ4n) is 4.05. The molecule has 0 amide bonds. The highest BCUT2D eigenvalue weighted by Crippen LogP contribution is 2.32. The fourth-order valence-corrected chi connectivity index (χ4v) is 4.57. The predicted octanol–water partition coefficient (Wildman–Crippen LogP) is 2.66. The summed E-state index contributed by atoms with van der Waals surface area (Å²) in [5, 5.41) is 13.0. The number of carbonyl (C=O) groups is 2. The lowest BCUT2D eigenvalue weighted by atomic mass is 9.95. The number of nitrogens with one attached hydrogen (secondary N) is 1. The summed E-state index contributed by atoms with van der Waals surface area (Å²) in [5.41, 5.74) is -1.40. The van der Waals surface area contributed by atoms with Crippen LogP contribution in [0.3, 0.4) is 0 Å². The summed E-state index contributed by atoms with van der Waals surface area (Å²) in [6.07, 6.45) is -0.781. The van der Waals surface area contributed by atoms with Gasteiger partial charge in [0.15, 0.2) is 0 Å². The van der Waals surface area contributed by atoms with Gasteiger partial charge in [-0.05, 0) is 40.7 Å². The number of hydrogen-bond acceptors (Lipinski definition) is 16. The van der Waals surface area contributed by atoms with Crippen molar-refractivity contribution in [3.63, 3.8) is 0 Å². The van der Waals surface area contributed by atoms with Gasteiger partial charge in [0.1, 0.15) is 43.0 Å². The first-order valence-corrected chi connectivity index (χ1v) is 14.9. The van der Waals surface area contributed by atoms with Gasteiger partial charge < -0.3 is 43.5 Å². The number of esters is 2. The summed E-state index contributed by atoms with van der Waals surface area (Å²) >= 11 is 1.02. The van der Waals surface area contributed by atoms with E-state index in [0.717, 1.165) is 11.7 Å². The summed E-state index contributed by atoms with van der Waals surface area (Å²) in [4.78, 5) is 43.6. The second-order valence-electron chi connectivity index (χ2n) is 11.8. The monoisotopic (exact) mass is 655 g/mol. The highest BCUT2D eigenvalue weighted by atomic mass is 32.1. The Morgan fingerprint density at radius 1 is 1.13 bits per heavy atom. The van der Waals surface area contributed by atoms with Crippen LogP contribution in [-0.2, 0) is 30.4 Å². The molecular formula is C28H41N5O11S. The van der Waals surface area contributed by atoms with Crippen LogP contribution in [0.4, 0.5) is 5.82 Å². The van der Waals surface area contributed by atoms with Crippen LogP contribution in [0.25, 0.3) is 0 Å². The first-order valence-electron chi connectivity index (χ1n) is 14.2. The molecule has 3 rings (SSSR count). The first kappa shape index (κ1) is 35.5. The normalized spacial score (nSPS) is 14.3. The maximum Gasteiger partial charge on any atom is 0.342 e. The standard InChI is InChI=1S/C28H41N5O11S/c1-27(2,3)29-14-20(16-41-24-23(30-45-31-24)32-8-10-40-11-9-32)44-25(34)22-18(12-19(38-6)13-21(22)39-7)15-42-26(35)28(4,5)17-43-33(36)37/h12-13,20,29H,8-11,14-17H2,1-7H3/t20-/m0/s1. The molecule has 1 atom stereocenters. The number of hydrogen-bond donors (Lipinski definition) is 1. The predicted molar refractivity (Wildman–Crippen MR) is 161 cm³/mol. The third-order valence-corrected chi connectivity index (χ3v) is 7.05. The fraction of sp³-hybridized carbons (Fsp3) is 0.643. The van der Waals surface area contributed by atoms with E-state index in [1.165, 1.54) is 40.2 Å². The van der Waals surface area contributed by atoms with E-state index in [9.17, 15) is 19.7 Å². The Kier molecular flexibility index (Phi) is 12.5. The van der Waals surface area contributed by atoms with Gasteiger partial charge in [-0.1, -0.05) is 0 Å². The minimum Gasteiger partial charge on any atom is -0.497 e. The zero-order chi connectivity index (χ0) is 33.2. The molecule has 1 fully saturated rings. The molecule has 1 saturated heterocycles. The molecular weight excluding hydrogens is 614 g/mol. The van der Waals surface area contributed by atoms with E-state index in [1.54, 1.807) is 0 Å². The molecule has 0 aliphatic carbocycles. The van der Waals surface area contributed by atoms with E-state index in [-0.39, 0.29) is 42.2 Å². The molecule has 17 heteroatoms. The average molecular weight is 656 g/mol. The molecule has 1 N–H and O–H groups in total. The molecule has 250 valence electrons. The number of morpholine rings is 1. The van der Waals surface area contributed by atoms with Crippen molar-refractivity contribution in [3.05, 3.63) is 33.4 Å². The molecule has 0 radical (unpaired) electrons. The van der Waals surface area contributed by atoms with Crippen LogP contribution in [0.5, 0.6) is 17.4 Å². The highest BCUT2D eigenvalue weighted by Gasteiger charge is 2.33. The zero-order valence-electron chi connectivity index (χ0n) is 26.6. The van der Waals surface area contributed by atoms with Crippen LogP contribution in [0.15, 0.2) is 12.1 Å². The molecule has 45 heavy (non-hydrogen) atoms. The molecule has 1 aliphatic heterocycles. The van der Waals surface area contributed by atoms with Crippen molar-refractivity contribution in [1.82, 2.24) is 14.1 Å². The van der Waals surface area contributed by atoms with Crippen molar-refractivity contribution in [2.45, 2.75) is 52.9 Å². The molecule has 0 saturated carbocycles. The quantitative estimate of drug-likeness (QED) is 0.158. The van der Waals surface area contributed by atoms with Gasteiger partial charge in [0.2, 0.25) is 5.82 Å². The van der Waals surface area contributed by atoms with Gasteiger partial charge in [-0.2, -0.15) is 4.37 Å². The molecule has 0 unspecified atom stereocenters. The van der Waals surface area contributed by atoms with Crippen LogP contribution in [-0.4, -0.2) is 97.7 Å². The molecule has 2 aromatic rings. The molecule has 1 aliphatic rings. The van der Waals surface area contributed by atoms with Gasteiger partial charge in [-0.3, -0.25) is 4.79 Å². The number of rotatable bonds is 16. The van der Waals surface area contributed by atoms with Crippen LogP contribution < -0.4 is 24.4 Å². The second-order valence-corrected chi connectivity index (χ2v) is 12.3. The number of carbonyl (C=O) groups excluding carboxylic acids is 2. The van der Waals surface area contributed by atoms with Gasteiger partial charge in [0, 0.05) is 36.8 Å². The van der Waals surface area contributed by atoms with Crippen molar-refractivity contribution < 1.29 is 47.9 Å². The number of anilines is 1. The van der Waals surface area contributed by atoms with E-state index in [2.05, 4.69) is 18.9 Å². The van der Waals surface area contributed by atoms with Crippen LogP contribution in [0.1, 0.15) is 50.5 Å². The molecule has 1 aromatic carbocycles. The lowest BCUT2D eigenvalue weighted by Gasteiger charge is -2.28. The third kappa shape index (κ3) is 10.6. The summed E-state index contributed by atoms with van der Waals surface area (Å²) < 4.78 is 42.4. The summed E-state index contributed by atoms with van der Waals surface area (Å²) in [6, 6.07) is 3.02. The van der Waals surface area contributed by atoms with E-state index in [0.29, 0.717) is 43.8 Å². The van der Waals surface area contributed by atoms with Gasteiger partial charge in [0.25, 0.3) is 11.0 Å².